The summed E-state index contributed by atoms with van der Waals surface area (Å²) >= 11 is 0. The molecular formula is C93H143N3O26. The molecule has 0 bridgehead atoms. The molecule has 5 aromatic rings. The number of ketones is 1. The fourth-order valence-corrected chi connectivity index (χ4v) is 14.8. The number of ether oxygens (including phenoxy) is 19. The van der Waals surface area contributed by atoms with Crippen molar-refractivity contribution >= 4 is 11.5 Å². The van der Waals surface area contributed by atoms with E-state index in [1.54, 1.807) is 63.6 Å². The zero-order valence-corrected chi connectivity index (χ0v) is 75.8. The first-order valence-corrected chi connectivity index (χ1v) is 42.5. The number of carbonyl (C=O) groups is 1. The zero-order valence-electron chi connectivity index (χ0n) is 75.8. The van der Waals surface area contributed by atoms with Crippen molar-refractivity contribution in [1.29, 1.82) is 0 Å². The summed E-state index contributed by atoms with van der Waals surface area (Å²) in [7, 11) is 12.8. The van der Waals surface area contributed by atoms with Gasteiger partial charge in [0.2, 0.25) is 0 Å². The Balaban J connectivity index is 0.000000194. The number of methoxy groups -OCH3 is 8. The Bertz CT molecular complexity index is 3610. The highest BCUT2D eigenvalue weighted by atomic mass is 16.8. The number of nitrogens with zero attached hydrogens (tertiary/aromatic N) is 1. The van der Waals surface area contributed by atoms with Crippen molar-refractivity contribution in [2.45, 2.75) is 308 Å². The smallest absolute Gasteiger partial charge is 0.186 e. The molecule has 29 heteroatoms. The molecule has 0 radical (unpaired) electrons. The molecule has 686 valence electrons. The summed E-state index contributed by atoms with van der Waals surface area (Å²) < 4.78 is 104. The van der Waals surface area contributed by atoms with Gasteiger partial charge in [-0.25, -0.2) is 0 Å². The molecule has 9 heterocycles. The van der Waals surface area contributed by atoms with Gasteiger partial charge in [0.15, 0.2) is 56.6 Å². The van der Waals surface area contributed by atoms with Crippen molar-refractivity contribution in [2.75, 3.05) is 56.9 Å². The van der Waals surface area contributed by atoms with E-state index in [0.717, 1.165) is 40.8 Å². The van der Waals surface area contributed by atoms with Crippen LogP contribution >= 0.6 is 0 Å². The van der Waals surface area contributed by atoms with Crippen LogP contribution in [0.25, 0.3) is 0 Å². The van der Waals surface area contributed by atoms with E-state index in [1.807, 2.05) is 169 Å². The number of nitrogens with one attached hydrogen (secondary N) is 1. The van der Waals surface area contributed by atoms with Crippen LogP contribution in [0.3, 0.4) is 0 Å². The lowest BCUT2D eigenvalue weighted by Gasteiger charge is -2.46. The van der Waals surface area contributed by atoms with Crippen LogP contribution in [-0.2, 0) is 118 Å². The lowest BCUT2D eigenvalue weighted by atomic mass is 9.79. The molecule has 32 atom stereocenters. The van der Waals surface area contributed by atoms with Crippen LogP contribution in [-0.4, -0.2) is 235 Å². The first-order valence-electron chi connectivity index (χ1n) is 42.5. The Kier molecular flexibility index (Phi) is 43.4. The fourth-order valence-electron chi connectivity index (χ4n) is 14.8. The van der Waals surface area contributed by atoms with Crippen LogP contribution in [0.5, 0.6) is 0 Å². The van der Waals surface area contributed by atoms with E-state index < -0.39 is 61.6 Å². The number of nitrogens with two attached hydrogens (primary N) is 1. The molecule has 9 fully saturated rings. The van der Waals surface area contributed by atoms with Gasteiger partial charge in [-0.3, -0.25) is 9.63 Å². The summed E-state index contributed by atoms with van der Waals surface area (Å²) in [5, 5.41) is 42.2. The van der Waals surface area contributed by atoms with E-state index in [1.165, 1.54) is 12.7 Å². The molecule has 9 saturated heterocycles. The minimum atomic E-state index is -1.21. The number of hydroxylamine groups is 1. The normalized spacial score (nSPS) is 37.6. The topological polar surface area (TPSA) is 342 Å². The quantitative estimate of drug-likeness (QED) is 0.0444. The van der Waals surface area contributed by atoms with E-state index in [0.29, 0.717) is 37.9 Å². The maximum Gasteiger partial charge on any atom is 0.186 e. The highest BCUT2D eigenvalue weighted by Crippen LogP contribution is 2.43. The predicted molar refractivity (Wildman–Crippen MR) is 456 cm³/mol. The third-order valence-corrected chi connectivity index (χ3v) is 24.3. The minimum Gasteiger partial charge on any atom is -0.391 e. The molecule has 9 aliphatic heterocycles. The number of benzene rings is 5. The van der Waals surface area contributed by atoms with Crippen molar-refractivity contribution in [3.05, 3.63) is 179 Å². The van der Waals surface area contributed by atoms with Gasteiger partial charge < -0.3 is 121 Å². The molecule has 5 aromatic carbocycles. The molecule has 0 spiro atoms. The largest absolute Gasteiger partial charge is 0.391 e. The second-order valence-electron chi connectivity index (χ2n) is 32.9. The molecule has 0 aromatic heterocycles. The Morgan fingerprint density at radius 1 is 0.418 bits per heavy atom. The van der Waals surface area contributed by atoms with Gasteiger partial charge in [-0.05, 0) is 85.9 Å². The molecule has 0 amide bonds. The lowest BCUT2D eigenvalue weighted by Crippen LogP contribution is -2.58. The van der Waals surface area contributed by atoms with Gasteiger partial charge in [-0.2, -0.15) is 5.48 Å². The third-order valence-electron chi connectivity index (χ3n) is 24.3. The van der Waals surface area contributed by atoms with E-state index in [-0.39, 0.29) is 127 Å². The first kappa shape index (κ1) is 103. The second kappa shape index (κ2) is 51.3. The molecule has 7 N–H and O–H groups in total. The third kappa shape index (κ3) is 29.9. The first-order chi connectivity index (χ1) is 58.2. The Hall–Kier alpha value is -5.80. The van der Waals surface area contributed by atoms with Crippen molar-refractivity contribution in [1.82, 2.24) is 5.48 Å². The van der Waals surface area contributed by atoms with Crippen LogP contribution in [0.2, 0.25) is 0 Å². The molecule has 3 unspecified atom stereocenters. The summed E-state index contributed by atoms with van der Waals surface area (Å²) in [6, 6.07) is 50.0. The predicted octanol–water partition coefficient (Wildman–Crippen LogP) is 12.5. The van der Waals surface area contributed by atoms with Gasteiger partial charge in [-0.15, -0.1) is 0 Å². The van der Waals surface area contributed by atoms with E-state index in [9.17, 15) is 25.2 Å². The summed E-state index contributed by atoms with van der Waals surface area (Å²) in [6.07, 6.45) is -6.17. The van der Waals surface area contributed by atoms with Gasteiger partial charge in [0.25, 0.3) is 0 Å². The van der Waals surface area contributed by atoms with Crippen molar-refractivity contribution in [2.24, 2.45) is 40.5 Å². The van der Waals surface area contributed by atoms with E-state index in [4.69, 9.17) is 105 Å². The summed E-state index contributed by atoms with van der Waals surface area (Å²) in [5.74, 6) is 1.50. The van der Waals surface area contributed by atoms with Crippen molar-refractivity contribution in [3.63, 3.8) is 0 Å². The monoisotopic (exact) mass is 1720 g/mol. The van der Waals surface area contributed by atoms with Gasteiger partial charge in [-0.1, -0.05) is 191 Å². The summed E-state index contributed by atoms with van der Waals surface area (Å²) in [4.78, 5) is 22.4. The molecule has 122 heavy (non-hydrogen) atoms. The van der Waals surface area contributed by atoms with Crippen LogP contribution < -0.4 is 11.2 Å². The zero-order chi connectivity index (χ0) is 89.5. The lowest BCUT2D eigenvalue weighted by molar-refractivity contribution is -0.286. The molecular weight excluding hydrogens is 1580 g/mol. The van der Waals surface area contributed by atoms with Gasteiger partial charge >= 0.3 is 0 Å². The van der Waals surface area contributed by atoms with Crippen LogP contribution in [0.1, 0.15) is 176 Å². The average Bonchev–Trinajstić information content (AvgIpc) is 1.61. The van der Waals surface area contributed by atoms with Gasteiger partial charge in [0.1, 0.15) is 55.1 Å². The number of aliphatic hydroxyl groups is 4. The molecule has 29 nitrogen and oxygen atoms in total. The minimum absolute atomic E-state index is 0.0128. The summed E-state index contributed by atoms with van der Waals surface area (Å²) in [5.41, 5.74) is 15.5. The Labute approximate surface area is 723 Å². The number of hydrogen-bond donors (Lipinski definition) is 6. The van der Waals surface area contributed by atoms with Crippen LogP contribution in [0.15, 0.2) is 157 Å². The fraction of sp³-hybridized carbons (Fsp3) is 0.656. The number of oxime groups is 1. The average molecular weight is 1720 g/mol. The molecule has 0 saturated carbocycles. The Morgan fingerprint density at radius 2 is 0.828 bits per heavy atom. The summed E-state index contributed by atoms with van der Waals surface area (Å²) in [6.45, 7) is 31.2. The number of rotatable bonds is 18. The highest BCUT2D eigenvalue weighted by Gasteiger charge is 2.53. The van der Waals surface area contributed by atoms with Crippen LogP contribution in [0, 0.1) is 29.6 Å². The van der Waals surface area contributed by atoms with Gasteiger partial charge in [0, 0.05) is 122 Å². The second-order valence-corrected chi connectivity index (χ2v) is 32.9. The SMILES string of the molecule is COC(C)c1ccccc1.CO[C@@H]1O[C@@H](C)[C@H](C)[C@H]2OC(c3ccccc3)O[C@@H]12.CO[C@@H]1O[C@@H](C)[C@H](O)[C@@H](O)[C@H]1O.CO[C@@H]1O[C@@H](C)[C@H](O)[C@H]2OC(c3ccccc3)O[C@@H]12.CO[C@H]1C/C(=N/OCc2ccccc2)[C@@H](C)[C@H](C)O1.CO[C@H]1CC(=O)[C@@H](C)[C@H](C)O1.CO[C@H]1C[C@@](C)(N)[C@@H](C)[C@H](C)O1.CO[C@H]1C[C@@](C)(NOCc2ccccc2)[C@@H](C)[C@H](C)O1. The van der Waals surface area contributed by atoms with Crippen molar-refractivity contribution < 1.29 is 125 Å². The maximum atomic E-state index is 11.2. The number of fused-ring (bicyclic) bond motifs is 2. The van der Waals surface area contributed by atoms with E-state index >= 15 is 0 Å². The van der Waals surface area contributed by atoms with Crippen LogP contribution in [0.4, 0.5) is 0 Å². The Morgan fingerprint density at radius 3 is 1.31 bits per heavy atom. The molecule has 9 aliphatic rings. The number of carbonyl (C=O) groups excluding carboxylic acids is 1. The standard InChI is InChI=1S/C16H25NO3.C15H21NO3.C15H20O4.C14H18O5.C9H19NO2.C9H12O.C8H14O3.C7H14O5/c1-12-13(2)20-15(18-4)10-16(12,3)17-19-11-14-8-6-5-7-9-14;1-11-12(2)19-15(17-3)9-14(11)16-18-10-13-7-5-4-6-8-13;1-9-10(2)17-15(16-3)13-12(9)18-14(19-13)11-7-5-4-6-8-11;1-8-10(15)11-12(14(16-2)17-8)19-13(18-11)9-6-4-3-5-7-9;1-6-7(2)12-8(11-4)5-9(6,3)10;1-8(10-2)9-6-4-3-5-7-9;1-5-6(2)11-8(10-3)4-7(5)9;1-3-4(8)5(9)6(10)7(11-2)12-3/h5-9,12-13,15,17H,10-11H2,1-4H3;4-8,11-12,15H,9-10H2,1-3H3;4-10,12-15H,1-3H3;3-8,10-15H,1-2H3;6-8H,5,10H2,1-4H3;3-8H,1-2H3;5-6,8H,4H2,1-3H3;3-10H,1-2H3/b;16-14-;;;;;;/t12-,13-,15+,16+;11-,12-,15+;9-,10-,12+,13+,14?,15+;8-,10-,11+,12+,13?,14+;6-,7-,8+,9+;;5-,6-,8+;3-,4-,5+,6+,7+/m00000.00/s1. The highest BCUT2D eigenvalue weighted by molar-refractivity contribution is 5.87. The number of Topliss-reactive ketones (excluding diaryl/α,β-unsaturated/α-hetero) is 1. The number of aliphatic hydroxyl groups excluding tert-OH is 4. The number of hydrogen-bond acceptors (Lipinski definition) is 29. The van der Waals surface area contributed by atoms with E-state index in [2.05, 4.69) is 83.4 Å². The van der Waals surface area contributed by atoms with Gasteiger partial charge in [0.05, 0.1) is 79.2 Å². The molecule has 0 aliphatic carbocycles. The maximum absolute atomic E-state index is 11.2. The van der Waals surface area contributed by atoms with Crippen molar-refractivity contribution in [3.8, 4) is 0 Å². The molecule has 14 rings (SSSR count).